The van der Waals surface area contributed by atoms with E-state index in [1.165, 1.54) is 12.1 Å². The zero-order chi connectivity index (χ0) is 13.3. The highest BCUT2D eigenvalue weighted by molar-refractivity contribution is 5.76. The zero-order valence-corrected chi connectivity index (χ0v) is 9.05. The van der Waals surface area contributed by atoms with E-state index in [0.29, 0.717) is 0 Å². The number of hydrogen-bond donors (Lipinski definition) is 1. The molecule has 2 rings (SSSR count). The van der Waals surface area contributed by atoms with Gasteiger partial charge in [0.1, 0.15) is 5.52 Å². The van der Waals surface area contributed by atoms with Crippen molar-refractivity contribution >= 4 is 10.9 Å². The van der Waals surface area contributed by atoms with Crippen LogP contribution in [0.3, 0.4) is 0 Å². The van der Waals surface area contributed by atoms with Crippen LogP contribution >= 0.6 is 0 Å². The van der Waals surface area contributed by atoms with Crippen molar-refractivity contribution in [1.82, 2.24) is 15.0 Å². The Morgan fingerprint density at radius 1 is 1.33 bits per heavy atom. The van der Waals surface area contributed by atoms with Crippen molar-refractivity contribution in [3.63, 3.8) is 0 Å². The predicted octanol–water partition coefficient (Wildman–Crippen LogP) is 0.854. The maximum Gasteiger partial charge on any atom is 0.412 e. The Balaban J connectivity index is 2.66. The molecule has 0 aliphatic heterocycles. The van der Waals surface area contributed by atoms with Crippen molar-refractivity contribution in [2.45, 2.75) is 12.2 Å². The predicted molar refractivity (Wildman–Crippen MR) is 57.9 cm³/mol. The molecule has 2 aromatic rings. The highest BCUT2D eigenvalue weighted by atomic mass is 19.4. The third-order valence-electron chi connectivity index (χ3n) is 2.49. The van der Waals surface area contributed by atoms with Crippen LogP contribution in [0, 0.1) is 0 Å². The first-order chi connectivity index (χ1) is 8.45. The van der Waals surface area contributed by atoms with Gasteiger partial charge in [0.15, 0.2) is 6.04 Å². The third-order valence-corrected chi connectivity index (χ3v) is 2.49. The van der Waals surface area contributed by atoms with E-state index in [0.717, 1.165) is 0 Å². The molecule has 0 amide bonds. The number of alkyl halides is 3. The van der Waals surface area contributed by atoms with Gasteiger partial charge in [-0.3, -0.25) is 4.79 Å². The first-order valence-electron chi connectivity index (χ1n) is 5.06. The lowest BCUT2D eigenvalue weighted by atomic mass is 10.2. The summed E-state index contributed by atoms with van der Waals surface area (Å²) in [5.41, 5.74) is 4.45. The van der Waals surface area contributed by atoms with Crippen molar-refractivity contribution in [2.75, 3.05) is 6.54 Å². The normalized spacial score (nSPS) is 13.8. The summed E-state index contributed by atoms with van der Waals surface area (Å²) >= 11 is 0. The van der Waals surface area contributed by atoms with E-state index in [1.807, 2.05) is 0 Å². The van der Waals surface area contributed by atoms with Crippen LogP contribution in [-0.4, -0.2) is 27.7 Å². The van der Waals surface area contributed by atoms with Gasteiger partial charge in [0.05, 0.1) is 5.39 Å². The van der Waals surface area contributed by atoms with Crippen LogP contribution in [0.4, 0.5) is 13.2 Å². The number of halogens is 3. The van der Waals surface area contributed by atoms with E-state index >= 15 is 0 Å². The summed E-state index contributed by atoms with van der Waals surface area (Å²) in [6.07, 6.45) is -4.64. The summed E-state index contributed by atoms with van der Waals surface area (Å²) in [5, 5.41) is 6.96. The molecule has 0 aliphatic carbocycles. The van der Waals surface area contributed by atoms with Gasteiger partial charge in [0, 0.05) is 6.54 Å². The monoisotopic (exact) mass is 258 g/mol. The van der Waals surface area contributed by atoms with Crippen LogP contribution in [0.15, 0.2) is 29.1 Å². The second-order valence-electron chi connectivity index (χ2n) is 3.65. The lowest BCUT2D eigenvalue weighted by molar-refractivity contribution is -0.168. The minimum Gasteiger partial charge on any atom is -0.328 e. The van der Waals surface area contributed by atoms with Crippen LogP contribution < -0.4 is 11.3 Å². The van der Waals surface area contributed by atoms with Crippen molar-refractivity contribution < 1.29 is 13.2 Å². The van der Waals surface area contributed by atoms with Crippen LogP contribution in [0.2, 0.25) is 0 Å². The highest BCUT2D eigenvalue weighted by Gasteiger charge is 2.41. The summed E-state index contributed by atoms with van der Waals surface area (Å²) in [5.74, 6) is 0. The maximum absolute atomic E-state index is 12.7. The van der Waals surface area contributed by atoms with Crippen molar-refractivity contribution in [2.24, 2.45) is 5.73 Å². The van der Waals surface area contributed by atoms with Gasteiger partial charge in [-0.1, -0.05) is 17.3 Å². The van der Waals surface area contributed by atoms with Gasteiger partial charge in [-0.05, 0) is 12.1 Å². The van der Waals surface area contributed by atoms with Crippen LogP contribution in [0.25, 0.3) is 10.9 Å². The van der Waals surface area contributed by atoms with E-state index in [2.05, 4.69) is 10.3 Å². The van der Waals surface area contributed by atoms with E-state index in [-0.39, 0.29) is 15.6 Å². The van der Waals surface area contributed by atoms with Gasteiger partial charge in [0.25, 0.3) is 5.56 Å². The van der Waals surface area contributed by atoms with Crippen LogP contribution in [0.5, 0.6) is 0 Å². The van der Waals surface area contributed by atoms with E-state index in [1.54, 1.807) is 12.1 Å². The number of aromatic nitrogens is 3. The Kier molecular flexibility index (Phi) is 3.04. The molecule has 2 N–H and O–H groups in total. The molecular weight excluding hydrogens is 249 g/mol. The molecule has 1 atom stereocenters. The fourth-order valence-electron chi connectivity index (χ4n) is 1.58. The molecule has 5 nitrogen and oxygen atoms in total. The Labute approximate surface area is 99.0 Å². The Morgan fingerprint density at radius 2 is 2.00 bits per heavy atom. The van der Waals surface area contributed by atoms with Crippen LogP contribution in [-0.2, 0) is 0 Å². The number of rotatable bonds is 2. The molecule has 8 heteroatoms. The largest absolute Gasteiger partial charge is 0.412 e. The summed E-state index contributed by atoms with van der Waals surface area (Å²) < 4.78 is 38.3. The van der Waals surface area contributed by atoms with Crippen molar-refractivity contribution in [3.8, 4) is 0 Å². The molecule has 1 aromatic heterocycles. The number of benzene rings is 1. The lowest BCUT2D eigenvalue weighted by Gasteiger charge is -2.19. The molecule has 0 saturated carbocycles. The van der Waals surface area contributed by atoms with Gasteiger partial charge in [-0.25, -0.2) is 0 Å². The molecule has 0 radical (unpaired) electrons. The SMILES string of the molecule is NCC(n1nnc2ccccc2c1=O)C(F)(F)F. The second-order valence-corrected chi connectivity index (χ2v) is 3.65. The molecule has 0 bridgehead atoms. The molecule has 0 aliphatic rings. The average Bonchev–Trinajstić information content (AvgIpc) is 2.32. The molecule has 96 valence electrons. The number of hydrogen-bond acceptors (Lipinski definition) is 4. The fraction of sp³-hybridized carbons (Fsp3) is 0.300. The first kappa shape index (κ1) is 12.5. The first-order valence-corrected chi connectivity index (χ1v) is 5.06. The van der Waals surface area contributed by atoms with Crippen molar-refractivity contribution in [3.05, 3.63) is 34.6 Å². The molecule has 1 aromatic carbocycles. The Bertz CT molecular complexity index is 622. The maximum atomic E-state index is 12.7. The van der Waals surface area contributed by atoms with Gasteiger partial charge >= 0.3 is 6.18 Å². The smallest absolute Gasteiger partial charge is 0.328 e. The highest BCUT2D eigenvalue weighted by Crippen LogP contribution is 2.27. The fourth-order valence-corrected chi connectivity index (χ4v) is 1.58. The number of nitrogens with zero attached hydrogens (tertiary/aromatic N) is 3. The topological polar surface area (TPSA) is 73.8 Å². The van der Waals surface area contributed by atoms with Gasteiger partial charge in [0.2, 0.25) is 0 Å². The molecule has 0 spiro atoms. The molecule has 0 saturated heterocycles. The molecule has 1 heterocycles. The summed E-state index contributed by atoms with van der Waals surface area (Å²) in [6.45, 7) is -0.767. The minimum atomic E-state index is -4.64. The van der Waals surface area contributed by atoms with E-state index in [4.69, 9.17) is 5.73 Å². The lowest BCUT2D eigenvalue weighted by Crippen LogP contribution is -2.40. The summed E-state index contributed by atoms with van der Waals surface area (Å²) in [6, 6.07) is 3.89. The zero-order valence-electron chi connectivity index (χ0n) is 9.05. The Morgan fingerprint density at radius 3 is 2.61 bits per heavy atom. The molecule has 18 heavy (non-hydrogen) atoms. The third kappa shape index (κ3) is 2.06. The quantitative estimate of drug-likeness (QED) is 0.866. The van der Waals surface area contributed by atoms with Crippen molar-refractivity contribution in [1.29, 1.82) is 0 Å². The van der Waals surface area contributed by atoms with Gasteiger partial charge in [-0.15, -0.1) is 5.10 Å². The minimum absolute atomic E-state index is 0.0789. The molecule has 1 unspecified atom stereocenters. The summed E-state index contributed by atoms with van der Waals surface area (Å²) in [4.78, 5) is 11.9. The Hall–Kier alpha value is -1.96. The van der Waals surface area contributed by atoms with Crippen LogP contribution in [0.1, 0.15) is 6.04 Å². The van der Waals surface area contributed by atoms with Gasteiger partial charge in [-0.2, -0.15) is 17.9 Å². The average molecular weight is 258 g/mol. The molecular formula is C10H9F3N4O. The van der Waals surface area contributed by atoms with E-state index < -0.39 is 24.3 Å². The standard InChI is InChI=1S/C10H9F3N4O/c11-10(12,13)8(5-14)17-9(18)6-3-1-2-4-7(6)15-16-17/h1-4,8H,5,14H2. The number of nitrogens with two attached hydrogens (primary N) is 1. The molecule has 0 fully saturated rings. The van der Waals surface area contributed by atoms with Gasteiger partial charge < -0.3 is 5.73 Å². The van der Waals surface area contributed by atoms with E-state index in [9.17, 15) is 18.0 Å². The summed E-state index contributed by atoms with van der Waals surface area (Å²) in [7, 11) is 0. The second kappa shape index (κ2) is 4.37. The number of fused-ring (bicyclic) bond motifs is 1.